The summed E-state index contributed by atoms with van der Waals surface area (Å²) in [5, 5.41) is 3.65. The van der Waals surface area contributed by atoms with Gasteiger partial charge in [0, 0.05) is 5.54 Å². The Morgan fingerprint density at radius 2 is 1.80 bits per heavy atom. The monoisotopic (exact) mass is 273 g/mol. The van der Waals surface area contributed by atoms with Gasteiger partial charge in [0.2, 0.25) is 0 Å². The van der Waals surface area contributed by atoms with Crippen molar-refractivity contribution in [2.45, 2.75) is 71.3 Å². The molecule has 1 aliphatic carbocycles. The Balaban J connectivity index is 2.06. The molecule has 2 rings (SSSR count). The molecule has 1 saturated carbocycles. The smallest absolute Gasteiger partial charge is 0.00966 e. The Bertz CT molecular complexity index is 426. The van der Waals surface area contributed by atoms with Crippen molar-refractivity contribution >= 4 is 0 Å². The Morgan fingerprint density at radius 1 is 1.15 bits per heavy atom. The fourth-order valence-electron chi connectivity index (χ4n) is 2.97. The molecule has 0 aliphatic heterocycles. The molecule has 0 amide bonds. The van der Waals surface area contributed by atoms with E-state index in [2.05, 4.69) is 64.2 Å². The van der Waals surface area contributed by atoms with Crippen LogP contribution >= 0.6 is 0 Å². The first-order valence-electron chi connectivity index (χ1n) is 8.22. The second-order valence-electron chi connectivity index (χ2n) is 7.65. The molecule has 0 spiro atoms. The van der Waals surface area contributed by atoms with Crippen LogP contribution in [0.5, 0.6) is 0 Å². The molecule has 0 radical (unpaired) electrons. The first-order chi connectivity index (χ1) is 9.38. The number of rotatable bonds is 5. The van der Waals surface area contributed by atoms with Gasteiger partial charge in [-0.1, -0.05) is 44.5 Å². The summed E-state index contributed by atoms with van der Waals surface area (Å²) in [5.41, 5.74) is 3.41. The van der Waals surface area contributed by atoms with Crippen LogP contribution in [0.1, 0.15) is 76.8 Å². The van der Waals surface area contributed by atoms with E-state index < -0.39 is 0 Å². The minimum atomic E-state index is 0.210. The van der Waals surface area contributed by atoms with E-state index in [4.69, 9.17) is 0 Å². The second-order valence-corrected chi connectivity index (χ2v) is 7.65. The highest BCUT2D eigenvalue weighted by atomic mass is 14.9. The van der Waals surface area contributed by atoms with Gasteiger partial charge in [-0.2, -0.15) is 0 Å². The van der Waals surface area contributed by atoms with Gasteiger partial charge >= 0.3 is 0 Å². The predicted molar refractivity (Wildman–Crippen MR) is 88.4 cm³/mol. The fraction of sp³-hybridized carbons (Fsp3) is 0.684. The highest BCUT2D eigenvalue weighted by Crippen LogP contribution is 2.41. The lowest BCUT2D eigenvalue weighted by atomic mass is 9.74. The van der Waals surface area contributed by atoms with Crippen LogP contribution in [0.3, 0.4) is 0 Å². The zero-order chi connectivity index (χ0) is 14.8. The predicted octanol–water partition coefficient (Wildman–Crippen LogP) is 5.08. The van der Waals surface area contributed by atoms with Crippen molar-refractivity contribution in [1.82, 2.24) is 5.32 Å². The minimum absolute atomic E-state index is 0.210. The number of hydrogen-bond acceptors (Lipinski definition) is 1. The lowest BCUT2D eigenvalue weighted by Gasteiger charge is -2.32. The summed E-state index contributed by atoms with van der Waals surface area (Å²) < 4.78 is 0. The van der Waals surface area contributed by atoms with E-state index in [1.165, 1.54) is 19.3 Å². The molecular weight excluding hydrogens is 242 g/mol. The van der Waals surface area contributed by atoms with Gasteiger partial charge in [-0.25, -0.2) is 0 Å². The third kappa shape index (κ3) is 3.85. The number of benzene rings is 1. The lowest BCUT2D eigenvalue weighted by Crippen LogP contribution is -2.39. The molecule has 2 unspecified atom stereocenters. The number of hydrogen-bond donors (Lipinski definition) is 1. The Kier molecular flexibility index (Phi) is 4.90. The SMILES string of the molecule is CC(CNC(C)(C)C)C(C)c1ccccc1C1CCC1. The van der Waals surface area contributed by atoms with Crippen molar-refractivity contribution < 1.29 is 0 Å². The molecule has 0 bridgehead atoms. The topological polar surface area (TPSA) is 12.0 Å². The third-order valence-electron chi connectivity index (χ3n) is 4.84. The second kappa shape index (κ2) is 6.30. The van der Waals surface area contributed by atoms with Crippen LogP contribution in [0.2, 0.25) is 0 Å². The molecule has 1 nitrogen and oxygen atoms in total. The minimum Gasteiger partial charge on any atom is -0.312 e. The van der Waals surface area contributed by atoms with Crippen molar-refractivity contribution in [3.05, 3.63) is 35.4 Å². The molecule has 1 fully saturated rings. The van der Waals surface area contributed by atoms with E-state index in [-0.39, 0.29) is 5.54 Å². The molecule has 1 N–H and O–H groups in total. The van der Waals surface area contributed by atoms with E-state index >= 15 is 0 Å². The highest BCUT2D eigenvalue weighted by molar-refractivity contribution is 5.34. The van der Waals surface area contributed by atoms with E-state index in [9.17, 15) is 0 Å². The molecule has 0 aromatic heterocycles. The van der Waals surface area contributed by atoms with Gasteiger partial charge in [0.1, 0.15) is 0 Å². The van der Waals surface area contributed by atoms with E-state index in [1.54, 1.807) is 11.1 Å². The third-order valence-corrected chi connectivity index (χ3v) is 4.84. The van der Waals surface area contributed by atoms with E-state index in [0.717, 1.165) is 12.5 Å². The van der Waals surface area contributed by atoms with Gasteiger partial charge in [0.05, 0.1) is 0 Å². The zero-order valence-electron chi connectivity index (χ0n) is 13.9. The summed E-state index contributed by atoms with van der Waals surface area (Å²) in [6, 6.07) is 9.13. The maximum absolute atomic E-state index is 3.65. The summed E-state index contributed by atoms with van der Waals surface area (Å²) in [7, 11) is 0. The van der Waals surface area contributed by atoms with Crippen LogP contribution < -0.4 is 5.32 Å². The summed E-state index contributed by atoms with van der Waals surface area (Å²) in [4.78, 5) is 0. The average molecular weight is 273 g/mol. The van der Waals surface area contributed by atoms with Crippen LogP contribution in [0.25, 0.3) is 0 Å². The van der Waals surface area contributed by atoms with Crippen molar-refractivity contribution in [3.8, 4) is 0 Å². The molecule has 2 atom stereocenters. The molecule has 20 heavy (non-hydrogen) atoms. The molecule has 1 aromatic carbocycles. The normalized spacial score (nSPS) is 19.4. The van der Waals surface area contributed by atoms with Gasteiger partial charge in [-0.3, -0.25) is 0 Å². The van der Waals surface area contributed by atoms with Crippen LogP contribution in [0.15, 0.2) is 24.3 Å². The lowest BCUT2D eigenvalue weighted by molar-refractivity contribution is 0.355. The van der Waals surface area contributed by atoms with Crippen molar-refractivity contribution in [1.29, 1.82) is 0 Å². The standard InChI is InChI=1S/C19H31N/c1-14(13-20-19(3,4)5)15(2)17-11-6-7-12-18(17)16-9-8-10-16/h6-7,11-12,14-16,20H,8-10,13H2,1-5H3. The van der Waals surface area contributed by atoms with Crippen molar-refractivity contribution in [3.63, 3.8) is 0 Å². The molecule has 0 heterocycles. The first-order valence-corrected chi connectivity index (χ1v) is 8.22. The number of nitrogens with one attached hydrogen (secondary N) is 1. The molecule has 1 aliphatic rings. The summed E-state index contributed by atoms with van der Waals surface area (Å²) >= 11 is 0. The zero-order valence-corrected chi connectivity index (χ0v) is 13.9. The summed E-state index contributed by atoms with van der Waals surface area (Å²) in [5.74, 6) is 2.12. The largest absolute Gasteiger partial charge is 0.312 e. The van der Waals surface area contributed by atoms with Gasteiger partial charge in [0.15, 0.2) is 0 Å². The van der Waals surface area contributed by atoms with Crippen LogP contribution in [0.4, 0.5) is 0 Å². The van der Waals surface area contributed by atoms with Crippen LogP contribution in [-0.4, -0.2) is 12.1 Å². The summed E-state index contributed by atoms with van der Waals surface area (Å²) in [6.45, 7) is 12.6. The van der Waals surface area contributed by atoms with Crippen LogP contribution in [-0.2, 0) is 0 Å². The van der Waals surface area contributed by atoms with Gasteiger partial charge < -0.3 is 5.32 Å². The Hall–Kier alpha value is -0.820. The maximum atomic E-state index is 3.65. The van der Waals surface area contributed by atoms with Gasteiger partial charge in [0.25, 0.3) is 0 Å². The van der Waals surface area contributed by atoms with E-state index in [0.29, 0.717) is 11.8 Å². The van der Waals surface area contributed by atoms with Crippen molar-refractivity contribution in [2.75, 3.05) is 6.54 Å². The fourth-order valence-corrected chi connectivity index (χ4v) is 2.97. The van der Waals surface area contributed by atoms with Gasteiger partial charge in [-0.05, 0) is 69.0 Å². The molecule has 1 aromatic rings. The van der Waals surface area contributed by atoms with E-state index in [1.807, 2.05) is 0 Å². The maximum Gasteiger partial charge on any atom is 0.00966 e. The Labute approximate surface area is 125 Å². The van der Waals surface area contributed by atoms with Gasteiger partial charge in [-0.15, -0.1) is 0 Å². The highest BCUT2D eigenvalue weighted by Gasteiger charge is 2.25. The van der Waals surface area contributed by atoms with Crippen molar-refractivity contribution in [2.24, 2.45) is 5.92 Å². The average Bonchev–Trinajstić information content (AvgIpc) is 2.33. The molecular formula is C19H31N. The molecule has 0 saturated heterocycles. The van der Waals surface area contributed by atoms with Crippen LogP contribution in [0, 0.1) is 5.92 Å². The Morgan fingerprint density at radius 3 is 2.35 bits per heavy atom. The molecule has 112 valence electrons. The molecule has 1 heteroatoms. The first kappa shape index (κ1) is 15.6. The quantitative estimate of drug-likeness (QED) is 0.788. The summed E-state index contributed by atoms with van der Waals surface area (Å²) in [6.07, 6.45) is 4.19.